The molecule has 2 atom stereocenters. The monoisotopic (exact) mass is 537 g/mol. The largest absolute Gasteiger partial charge is 0.464 e. The van der Waals surface area contributed by atoms with Gasteiger partial charge in [0.1, 0.15) is 6.04 Å². The molecule has 1 rings (SSSR count). The molecule has 1 N–H and O–H groups in total. The number of hydrogen-bond acceptors (Lipinski definition) is 4. The highest BCUT2D eigenvalue weighted by atomic mass is 16.5. The molecule has 0 aliphatic carbocycles. The molecule has 1 amide bonds. The van der Waals surface area contributed by atoms with E-state index >= 15 is 0 Å². The number of hydrogen-bond donors (Lipinski definition) is 1. The van der Waals surface area contributed by atoms with Crippen LogP contribution in [0.4, 0.5) is 0 Å². The Morgan fingerprint density at radius 2 is 1.03 bits per heavy atom. The summed E-state index contributed by atoms with van der Waals surface area (Å²) < 4.78 is 5.51. The molecule has 0 saturated carbocycles. The maximum absolute atomic E-state index is 12.8. The van der Waals surface area contributed by atoms with Gasteiger partial charge in [0.05, 0.1) is 12.7 Å². The van der Waals surface area contributed by atoms with Crippen molar-refractivity contribution in [3.05, 3.63) is 0 Å². The molecule has 1 aliphatic heterocycles. The van der Waals surface area contributed by atoms with E-state index < -0.39 is 12.1 Å². The average molecular weight is 538 g/mol. The number of carbonyl (C=O) groups excluding carboxylic acids is 2. The van der Waals surface area contributed by atoms with Gasteiger partial charge in [-0.2, -0.15) is 0 Å². The fraction of sp³-hybridized carbons (Fsp3) is 0.939. The molecule has 0 radical (unpaired) electrons. The van der Waals surface area contributed by atoms with E-state index in [1.54, 1.807) is 4.90 Å². The van der Waals surface area contributed by atoms with Crippen LogP contribution >= 0.6 is 0 Å². The molecular formula is C33H63NO4. The standard InChI is InChI=1S/C33H63NO4/c1-3-5-7-9-11-13-15-17-19-21-23-25-27-38-33(37)31-28-30(35)29-34(31)32(36)26-24-22-20-18-16-14-12-10-8-6-4-2/h30-31,35H,3-29H2,1-2H3/t30-,31+/m1/s1. The average Bonchev–Trinajstić information content (AvgIpc) is 3.31. The molecule has 0 aromatic heterocycles. The zero-order valence-corrected chi connectivity index (χ0v) is 25.4. The van der Waals surface area contributed by atoms with E-state index in [-0.39, 0.29) is 18.4 Å². The first-order valence-corrected chi connectivity index (χ1v) is 16.7. The molecule has 0 bridgehead atoms. The Hall–Kier alpha value is -1.10. The van der Waals surface area contributed by atoms with Crippen molar-refractivity contribution in [2.75, 3.05) is 13.2 Å². The van der Waals surface area contributed by atoms with Crippen LogP contribution in [0.5, 0.6) is 0 Å². The molecule has 5 heteroatoms. The lowest BCUT2D eigenvalue weighted by molar-refractivity contribution is -0.153. The van der Waals surface area contributed by atoms with Gasteiger partial charge in [0.2, 0.25) is 5.91 Å². The molecule has 1 fully saturated rings. The molecule has 5 nitrogen and oxygen atoms in total. The molecule has 0 aromatic carbocycles. The Morgan fingerprint density at radius 1 is 0.632 bits per heavy atom. The van der Waals surface area contributed by atoms with Crippen LogP contribution in [0.3, 0.4) is 0 Å². The number of carbonyl (C=O) groups is 2. The predicted octanol–water partition coefficient (Wildman–Crippen LogP) is 8.89. The van der Waals surface area contributed by atoms with Crippen molar-refractivity contribution in [1.29, 1.82) is 0 Å². The fourth-order valence-electron chi connectivity index (χ4n) is 5.61. The van der Waals surface area contributed by atoms with Crippen molar-refractivity contribution in [3.63, 3.8) is 0 Å². The van der Waals surface area contributed by atoms with Crippen molar-refractivity contribution in [2.24, 2.45) is 0 Å². The molecule has 1 saturated heterocycles. The van der Waals surface area contributed by atoms with E-state index in [0.717, 1.165) is 25.7 Å². The SMILES string of the molecule is CCCCCCCCCCCCCCOC(=O)[C@@H]1C[C@@H](O)CN1C(=O)CCCCCCCCCCCCC. The van der Waals surface area contributed by atoms with Gasteiger partial charge < -0.3 is 14.7 Å². The highest BCUT2D eigenvalue weighted by Gasteiger charge is 2.39. The predicted molar refractivity (Wildman–Crippen MR) is 159 cm³/mol. The van der Waals surface area contributed by atoms with Crippen LogP contribution in [0.25, 0.3) is 0 Å². The first kappa shape index (κ1) is 34.9. The van der Waals surface area contributed by atoms with Crippen molar-refractivity contribution < 1.29 is 19.4 Å². The van der Waals surface area contributed by atoms with Crippen molar-refractivity contribution in [3.8, 4) is 0 Å². The van der Waals surface area contributed by atoms with Gasteiger partial charge in [0.15, 0.2) is 0 Å². The van der Waals surface area contributed by atoms with E-state index in [1.165, 1.54) is 122 Å². The van der Waals surface area contributed by atoms with Crippen molar-refractivity contribution >= 4 is 11.9 Å². The summed E-state index contributed by atoms with van der Waals surface area (Å²) in [6.45, 7) is 5.19. The van der Waals surface area contributed by atoms with Gasteiger partial charge in [-0.3, -0.25) is 4.79 Å². The number of rotatable bonds is 26. The number of ether oxygens (including phenoxy) is 1. The summed E-state index contributed by atoms with van der Waals surface area (Å²) >= 11 is 0. The molecule has 1 aliphatic rings. The summed E-state index contributed by atoms with van der Waals surface area (Å²) in [5.41, 5.74) is 0. The summed E-state index contributed by atoms with van der Waals surface area (Å²) in [7, 11) is 0. The maximum atomic E-state index is 12.8. The Bertz CT molecular complexity index is 567. The smallest absolute Gasteiger partial charge is 0.328 e. The Labute approximate surface area is 235 Å². The van der Waals surface area contributed by atoms with Crippen LogP contribution < -0.4 is 0 Å². The maximum Gasteiger partial charge on any atom is 0.328 e. The van der Waals surface area contributed by atoms with Crippen LogP contribution in [0.2, 0.25) is 0 Å². The van der Waals surface area contributed by atoms with Crippen LogP contribution in [0.1, 0.15) is 174 Å². The zero-order valence-electron chi connectivity index (χ0n) is 25.4. The number of esters is 1. The molecule has 0 aromatic rings. The number of unbranched alkanes of at least 4 members (excludes halogenated alkanes) is 21. The van der Waals surface area contributed by atoms with E-state index in [4.69, 9.17) is 4.74 Å². The van der Waals surface area contributed by atoms with Gasteiger partial charge in [-0.15, -0.1) is 0 Å². The summed E-state index contributed by atoms with van der Waals surface area (Å²) in [5.74, 6) is -0.346. The number of nitrogens with zero attached hydrogens (tertiary/aromatic N) is 1. The third kappa shape index (κ3) is 18.2. The summed E-state index contributed by atoms with van der Waals surface area (Å²) in [6, 6.07) is -0.609. The van der Waals surface area contributed by atoms with Crippen LogP contribution in [0.15, 0.2) is 0 Å². The normalized spacial score (nSPS) is 17.3. The summed E-state index contributed by atoms with van der Waals surface area (Å²) in [6.07, 6.45) is 29.2. The minimum Gasteiger partial charge on any atom is -0.464 e. The van der Waals surface area contributed by atoms with E-state index in [9.17, 15) is 14.7 Å². The Kier molecular flexibility index (Phi) is 22.9. The zero-order chi connectivity index (χ0) is 27.7. The quantitative estimate of drug-likeness (QED) is 0.0883. The second kappa shape index (κ2) is 24.9. The molecule has 0 unspecified atom stereocenters. The van der Waals surface area contributed by atoms with Gasteiger partial charge in [-0.25, -0.2) is 4.79 Å². The van der Waals surface area contributed by atoms with Crippen molar-refractivity contribution in [1.82, 2.24) is 4.90 Å². The highest BCUT2D eigenvalue weighted by molar-refractivity contribution is 5.85. The van der Waals surface area contributed by atoms with Crippen LogP contribution in [-0.2, 0) is 14.3 Å². The van der Waals surface area contributed by atoms with E-state index in [0.29, 0.717) is 19.4 Å². The number of aliphatic hydroxyl groups excluding tert-OH is 1. The van der Waals surface area contributed by atoms with Gasteiger partial charge in [-0.05, 0) is 12.8 Å². The molecule has 38 heavy (non-hydrogen) atoms. The minimum atomic E-state index is -0.625. The lowest BCUT2D eigenvalue weighted by Crippen LogP contribution is -2.41. The van der Waals surface area contributed by atoms with E-state index in [2.05, 4.69) is 13.8 Å². The number of likely N-dealkylation sites (tertiary alicyclic amines) is 1. The second-order valence-corrected chi connectivity index (χ2v) is 11.8. The summed E-state index contributed by atoms with van der Waals surface area (Å²) in [4.78, 5) is 27.0. The van der Waals surface area contributed by atoms with Gasteiger partial charge in [0, 0.05) is 19.4 Å². The van der Waals surface area contributed by atoms with Gasteiger partial charge in [-0.1, -0.05) is 149 Å². The first-order valence-electron chi connectivity index (χ1n) is 16.7. The lowest BCUT2D eigenvalue weighted by Gasteiger charge is -2.23. The van der Waals surface area contributed by atoms with Gasteiger partial charge in [0.25, 0.3) is 0 Å². The number of aliphatic hydroxyl groups is 1. The highest BCUT2D eigenvalue weighted by Crippen LogP contribution is 2.22. The first-order chi connectivity index (χ1) is 18.6. The molecule has 224 valence electrons. The fourth-order valence-corrected chi connectivity index (χ4v) is 5.61. The van der Waals surface area contributed by atoms with Crippen LogP contribution in [0, 0.1) is 0 Å². The number of amides is 1. The van der Waals surface area contributed by atoms with Crippen LogP contribution in [-0.4, -0.2) is 47.2 Å². The Morgan fingerprint density at radius 3 is 1.47 bits per heavy atom. The second-order valence-electron chi connectivity index (χ2n) is 11.8. The molecule has 1 heterocycles. The number of β-amino-alcohol motifs (C(OH)–C–C–N with tert-alkyl or cyclic N) is 1. The third-order valence-electron chi connectivity index (χ3n) is 8.11. The van der Waals surface area contributed by atoms with Gasteiger partial charge >= 0.3 is 5.97 Å². The van der Waals surface area contributed by atoms with Crippen molar-refractivity contribution in [2.45, 2.75) is 187 Å². The Balaban J connectivity index is 2.05. The minimum absolute atomic E-state index is 0.00946. The topological polar surface area (TPSA) is 66.8 Å². The molecule has 0 spiro atoms. The molecular weight excluding hydrogens is 474 g/mol. The summed E-state index contributed by atoms with van der Waals surface area (Å²) in [5, 5.41) is 10.1. The third-order valence-corrected chi connectivity index (χ3v) is 8.11. The van der Waals surface area contributed by atoms with E-state index in [1.807, 2.05) is 0 Å². The lowest BCUT2D eigenvalue weighted by atomic mass is 10.0.